The molecule has 1 aromatic heterocycles. The van der Waals surface area contributed by atoms with Gasteiger partial charge in [0.25, 0.3) is 0 Å². The van der Waals surface area contributed by atoms with E-state index in [1.54, 1.807) is 0 Å². The van der Waals surface area contributed by atoms with E-state index in [0.717, 1.165) is 29.0 Å². The van der Waals surface area contributed by atoms with Gasteiger partial charge in [-0.1, -0.05) is 91.9 Å². The third-order valence-electron chi connectivity index (χ3n) is 8.00. The van der Waals surface area contributed by atoms with Crippen molar-refractivity contribution >= 4 is 44.6 Å². The molecule has 2 aliphatic rings. The molecule has 4 heteroatoms. The summed E-state index contributed by atoms with van der Waals surface area (Å²) in [5, 5.41) is 1.38. The van der Waals surface area contributed by atoms with Crippen LogP contribution in [0.1, 0.15) is 53.3 Å². The van der Waals surface area contributed by atoms with E-state index < -0.39 is 0 Å². The zero-order valence-corrected chi connectivity index (χ0v) is 23.7. The minimum atomic E-state index is 0.315. The van der Waals surface area contributed by atoms with Crippen molar-refractivity contribution in [3.8, 4) is 0 Å². The molecule has 0 saturated carbocycles. The fourth-order valence-corrected chi connectivity index (χ4v) is 7.14. The van der Waals surface area contributed by atoms with Crippen molar-refractivity contribution in [2.45, 2.75) is 39.2 Å². The van der Waals surface area contributed by atoms with Crippen LogP contribution in [0.25, 0.3) is 21.9 Å². The predicted molar refractivity (Wildman–Crippen MR) is 170 cm³/mol. The number of allylic oxidation sites excluding steroid dienone is 3. The number of fused-ring (bicyclic) bond motifs is 4. The van der Waals surface area contributed by atoms with Gasteiger partial charge in [0.2, 0.25) is 0 Å². The monoisotopic (exact) mass is 529 g/mol. The van der Waals surface area contributed by atoms with Crippen LogP contribution >= 0.6 is 11.3 Å². The Morgan fingerprint density at radius 3 is 2.46 bits per heavy atom. The van der Waals surface area contributed by atoms with Crippen molar-refractivity contribution in [3.05, 3.63) is 124 Å². The number of hydrogen-bond donors (Lipinski definition) is 1. The second-order valence-corrected chi connectivity index (χ2v) is 11.9. The molecular weight excluding hydrogens is 494 g/mol. The van der Waals surface area contributed by atoms with Crippen LogP contribution in [0.2, 0.25) is 0 Å². The Morgan fingerprint density at radius 1 is 1.03 bits per heavy atom. The number of hydrogen-bond acceptors (Lipinski definition) is 4. The van der Waals surface area contributed by atoms with Gasteiger partial charge in [0.15, 0.2) is 0 Å². The van der Waals surface area contributed by atoms with Gasteiger partial charge < -0.3 is 10.6 Å². The van der Waals surface area contributed by atoms with Crippen LogP contribution in [0.3, 0.4) is 0 Å². The van der Waals surface area contributed by atoms with Crippen LogP contribution in [0, 0.1) is 12.8 Å². The van der Waals surface area contributed by atoms with Gasteiger partial charge in [-0.05, 0) is 66.6 Å². The lowest BCUT2D eigenvalue weighted by Gasteiger charge is -2.31. The standard InChI is InChI=1S/C35H35N3S/c1-4-11-27-24(3)39-35-21-34-29(19-30(27)35)28-18-23(2)16-17-33(28)38(34)22-37-32(26-14-9-6-10-15-26)20-31(36)25-12-7-5-8-13-25/h4-17,19-21,23,28,33H,18,22,36H2,1-3H3/b11-4-,31-20-,37-32?. The summed E-state index contributed by atoms with van der Waals surface area (Å²) in [7, 11) is 0. The Morgan fingerprint density at radius 2 is 1.74 bits per heavy atom. The summed E-state index contributed by atoms with van der Waals surface area (Å²) in [5.41, 5.74) is 14.4. The van der Waals surface area contributed by atoms with Gasteiger partial charge in [-0.3, -0.25) is 4.99 Å². The molecule has 0 spiro atoms. The first-order valence-corrected chi connectivity index (χ1v) is 14.6. The number of nitrogens with two attached hydrogens (primary N) is 1. The van der Waals surface area contributed by atoms with Crippen molar-refractivity contribution in [2.24, 2.45) is 16.6 Å². The lowest BCUT2D eigenvalue weighted by atomic mass is 9.81. The van der Waals surface area contributed by atoms with Crippen molar-refractivity contribution in [1.29, 1.82) is 0 Å². The zero-order valence-electron chi connectivity index (χ0n) is 22.8. The number of benzene rings is 3. The fraction of sp³-hybridized carbons (Fsp3) is 0.229. The van der Waals surface area contributed by atoms with E-state index >= 15 is 0 Å². The molecular formula is C35H35N3S. The van der Waals surface area contributed by atoms with E-state index in [9.17, 15) is 0 Å². The lowest BCUT2D eigenvalue weighted by Crippen LogP contribution is -2.35. The van der Waals surface area contributed by atoms with Gasteiger partial charge >= 0.3 is 0 Å². The van der Waals surface area contributed by atoms with E-state index in [1.165, 1.54) is 31.8 Å². The number of anilines is 1. The molecule has 0 amide bonds. The van der Waals surface area contributed by atoms with E-state index in [1.807, 2.05) is 53.8 Å². The first-order valence-electron chi connectivity index (χ1n) is 13.8. The Hall–Kier alpha value is -3.89. The normalized spacial score (nSPS) is 21.1. The highest BCUT2D eigenvalue weighted by atomic mass is 32.1. The molecule has 196 valence electrons. The average Bonchev–Trinajstić information content (AvgIpc) is 3.43. The third-order valence-corrected chi connectivity index (χ3v) is 9.08. The van der Waals surface area contributed by atoms with Crippen LogP contribution in [0.4, 0.5) is 5.69 Å². The molecule has 0 bridgehead atoms. The minimum absolute atomic E-state index is 0.315. The quantitative estimate of drug-likeness (QED) is 0.201. The maximum Gasteiger partial charge on any atom is 0.111 e. The summed E-state index contributed by atoms with van der Waals surface area (Å²) in [5.74, 6) is 1.05. The van der Waals surface area contributed by atoms with Crippen LogP contribution < -0.4 is 10.6 Å². The molecule has 3 unspecified atom stereocenters. The molecule has 2 N–H and O–H groups in total. The summed E-state index contributed by atoms with van der Waals surface area (Å²) in [6.07, 6.45) is 12.4. The molecule has 1 aliphatic carbocycles. The molecule has 3 nitrogen and oxygen atoms in total. The lowest BCUT2D eigenvalue weighted by molar-refractivity contribution is 0.477. The van der Waals surface area contributed by atoms with Gasteiger partial charge in [0.05, 0.1) is 11.8 Å². The molecule has 4 aromatic rings. The van der Waals surface area contributed by atoms with Crippen LogP contribution in [-0.2, 0) is 0 Å². The number of aryl methyl sites for hydroxylation is 1. The highest BCUT2D eigenvalue weighted by Crippen LogP contribution is 2.50. The van der Waals surface area contributed by atoms with Crippen LogP contribution in [0.5, 0.6) is 0 Å². The molecule has 0 fully saturated rings. The van der Waals surface area contributed by atoms with Crippen LogP contribution in [0.15, 0.2) is 102 Å². The number of nitrogens with zero attached hydrogens (tertiary/aromatic N) is 2. The van der Waals surface area contributed by atoms with E-state index in [2.05, 4.69) is 86.4 Å². The summed E-state index contributed by atoms with van der Waals surface area (Å²) >= 11 is 1.89. The predicted octanol–water partition coefficient (Wildman–Crippen LogP) is 8.56. The largest absolute Gasteiger partial charge is 0.398 e. The summed E-state index contributed by atoms with van der Waals surface area (Å²) < 4.78 is 1.35. The topological polar surface area (TPSA) is 41.6 Å². The van der Waals surface area contributed by atoms with E-state index in [0.29, 0.717) is 24.5 Å². The summed E-state index contributed by atoms with van der Waals surface area (Å²) in [4.78, 5) is 9.10. The number of thiophene rings is 1. The van der Waals surface area contributed by atoms with Gasteiger partial charge in [-0.2, -0.15) is 0 Å². The SMILES string of the molecule is C/C=C\c1c(C)sc2cc3c(cc12)C1CC(C)C=CC1N3CN=C(/C=C(\N)c1ccccc1)c1ccccc1. The fourth-order valence-electron chi connectivity index (χ4n) is 6.07. The maximum absolute atomic E-state index is 6.57. The highest BCUT2D eigenvalue weighted by Gasteiger charge is 2.39. The molecule has 3 atom stereocenters. The average molecular weight is 530 g/mol. The zero-order chi connectivity index (χ0) is 26.9. The first-order chi connectivity index (χ1) is 19.0. The molecule has 0 saturated heterocycles. The molecule has 3 aromatic carbocycles. The molecule has 39 heavy (non-hydrogen) atoms. The smallest absolute Gasteiger partial charge is 0.111 e. The highest BCUT2D eigenvalue weighted by molar-refractivity contribution is 7.19. The maximum atomic E-state index is 6.57. The Bertz CT molecular complexity index is 1610. The Kier molecular flexibility index (Phi) is 6.97. The summed E-state index contributed by atoms with van der Waals surface area (Å²) in [6, 6.07) is 25.7. The van der Waals surface area contributed by atoms with Crippen LogP contribution in [-0.4, -0.2) is 18.4 Å². The number of aliphatic imine (C=N–C) groups is 1. The van der Waals surface area contributed by atoms with Crippen molar-refractivity contribution in [3.63, 3.8) is 0 Å². The summed E-state index contributed by atoms with van der Waals surface area (Å²) in [6.45, 7) is 7.24. The van der Waals surface area contributed by atoms with Gasteiger partial charge in [-0.15, -0.1) is 11.3 Å². The van der Waals surface area contributed by atoms with E-state index in [4.69, 9.17) is 10.7 Å². The van der Waals surface area contributed by atoms with Gasteiger partial charge in [0.1, 0.15) is 6.67 Å². The second-order valence-electron chi connectivity index (χ2n) is 10.7. The third kappa shape index (κ3) is 4.86. The minimum Gasteiger partial charge on any atom is -0.398 e. The molecule has 2 heterocycles. The van der Waals surface area contributed by atoms with Gasteiger partial charge in [0, 0.05) is 32.3 Å². The molecule has 1 aliphatic heterocycles. The van der Waals surface area contributed by atoms with Crippen molar-refractivity contribution in [2.75, 3.05) is 11.6 Å². The Labute approximate surface area is 235 Å². The second kappa shape index (κ2) is 10.7. The molecule has 6 rings (SSSR count). The van der Waals surface area contributed by atoms with Crippen molar-refractivity contribution in [1.82, 2.24) is 0 Å². The van der Waals surface area contributed by atoms with E-state index in [-0.39, 0.29) is 0 Å². The van der Waals surface area contributed by atoms with Gasteiger partial charge in [-0.25, -0.2) is 0 Å². The molecule has 0 radical (unpaired) electrons. The Balaban J connectivity index is 1.44. The first kappa shape index (κ1) is 25.4. The number of rotatable bonds is 6. The van der Waals surface area contributed by atoms with Crippen molar-refractivity contribution < 1.29 is 0 Å².